The number of benzene rings is 2. The zero-order valence-corrected chi connectivity index (χ0v) is 17.9. The van der Waals surface area contributed by atoms with Crippen LogP contribution in [0.2, 0.25) is 5.02 Å². The molecule has 0 unspecified atom stereocenters. The van der Waals surface area contributed by atoms with Gasteiger partial charge in [0.1, 0.15) is 12.6 Å². The minimum Gasteiger partial charge on any atom is -0.391 e. The van der Waals surface area contributed by atoms with Crippen LogP contribution in [0.1, 0.15) is 6.42 Å². The van der Waals surface area contributed by atoms with Crippen LogP contribution < -0.4 is 15.5 Å². The van der Waals surface area contributed by atoms with Gasteiger partial charge in [-0.05, 0) is 36.4 Å². The Kier molecular flexibility index (Phi) is 6.59. The standard InChI is InChI=1S/C22H23ClN4O5/c23-14-5-7-15(8-6-14)24-22(31)27-12-16(28)11-19(27)21(30)25-17-3-1-2-4-18(17)26-9-10-32-13-20(26)29/h1-8,16,19,28H,9-13H2,(H,24,31)(H,25,30)/t16-,19-/m1/s1. The summed E-state index contributed by atoms with van der Waals surface area (Å²) < 4.78 is 5.18. The summed E-state index contributed by atoms with van der Waals surface area (Å²) in [6.45, 7) is 0.793. The molecule has 2 saturated heterocycles. The van der Waals surface area contributed by atoms with Gasteiger partial charge in [-0.25, -0.2) is 4.79 Å². The molecule has 32 heavy (non-hydrogen) atoms. The molecule has 2 aromatic carbocycles. The number of nitrogens with zero attached hydrogens (tertiary/aromatic N) is 2. The first-order valence-electron chi connectivity index (χ1n) is 10.2. The molecule has 4 rings (SSSR count). The molecule has 0 bridgehead atoms. The van der Waals surface area contributed by atoms with Crippen molar-refractivity contribution in [3.63, 3.8) is 0 Å². The molecule has 4 amide bonds. The van der Waals surface area contributed by atoms with Crippen LogP contribution in [0.25, 0.3) is 0 Å². The summed E-state index contributed by atoms with van der Waals surface area (Å²) in [5.74, 6) is -0.640. The second-order valence-electron chi connectivity index (χ2n) is 7.60. The first kappa shape index (κ1) is 22.1. The van der Waals surface area contributed by atoms with Crippen molar-refractivity contribution in [1.82, 2.24) is 4.90 Å². The van der Waals surface area contributed by atoms with Crippen molar-refractivity contribution in [1.29, 1.82) is 0 Å². The molecule has 0 radical (unpaired) electrons. The van der Waals surface area contributed by atoms with Gasteiger partial charge >= 0.3 is 6.03 Å². The molecule has 2 heterocycles. The molecule has 0 aromatic heterocycles. The van der Waals surface area contributed by atoms with Gasteiger partial charge in [0.2, 0.25) is 5.91 Å². The Morgan fingerprint density at radius 3 is 2.59 bits per heavy atom. The number of nitrogens with one attached hydrogen (secondary N) is 2. The molecule has 168 valence electrons. The largest absolute Gasteiger partial charge is 0.391 e. The van der Waals surface area contributed by atoms with Crippen LogP contribution in [0.4, 0.5) is 21.9 Å². The maximum absolute atomic E-state index is 13.1. The fraction of sp³-hybridized carbons (Fsp3) is 0.318. The van der Waals surface area contributed by atoms with E-state index < -0.39 is 24.1 Å². The topological polar surface area (TPSA) is 111 Å². The van der Waals surface area contributed by atoms with E-state index in [1.54, 1.807) is 53.4 Å². The van der Waals surface area contributed by atoms with Gasteiger partial charge in [0.05, 0.1) is 24.1 Å². The maximum Gasteiger partial charge on any atom is 0.322 e. The summed E-state index contributed by atoms with van der Waals surface area (Å²) in [5.41, 5.74) is 1.54. The molecular formula is C22H23ClN4O5. The third-order valence-electron chi connectivity index (χ3n) is 5.38. The molecule has 2 aromatic rings. The number of aliphatic hydroxyl groups excluding tert-OH is 1. The minimum atomic E-state index is -0.870. The number of hydrogen-bond acceptors (Lipinski definition) is 5. The van der Waals surface area contributed by atoms with Crippen molar-refractivity contribution < 1.29 is 24.2 Å². The molecule has 2 fully saturated rings. The number of rotatable bonds is 4. The lowest BCUT2D eigenvalue weighted by Gasteiger charge is -2.29. The Labute approximate surface area is 189 Å². The number of ether oxygens (including phenoxy) is 1. The molecule has 0 spiro atoms. The van der Waals surface area contributed by atoms with Gasteiger partial charge in [0.25, 0.3) is 5.91 Å². The quantitative estimate of drug-likeness (QED) is 0.651. The summed E-state index contributed by atoms with van der Waals surface area (Å²) in [6, 6.07) is 12.2. The number of likely N-dealkylation sites (tertiary alicyclic amines) is 1. The van der Waals surface area contributed by atoms with Gasteiger partial charge in [0, 0.05) is 30.2 Å². The first-order chi connectivity index (χ1) is 15.4. The third-order valence-corrected chi connectivity index (χ3v) is 5.63. The lowest BCUT2D eigenvalue weighted by Crippen LogP contribution is -2.45. The fourth-order valence-electron chi connectivity index (χ4n) is 3.82. The number of halogens is 1. The van der Waals surface area contributed by atoms with Crippen LogP contribution in [-0.2, 0) is 14.3 Å². The highest BCUT2D eigenvalue weighted by atomic mass is 35.5. The van der Waals surface area contributed by atoms with E-state index in [1.165, 1.54) is 4.90 Å². The van der Waals surface area contributed by atoms with Crippen molar-refractivity contribution >= 4 is 46.5 Å². The van der Waals surface area contributed by atoms with Gasteiger partial charge in [-0.2, -0.15) is 0 Å². The Morgan fingerprint density at radius 1 is 1.09 bits per heavy atom. The van der Waals surface area contributed by atoms with Crippen molar-refractivity contribution in [3.05, 3.63) is 53.6 Å². The van der Waals surface area contributed by atoms with Gasteiger partial charge in [-0.15, -0.1) is 0 Å². The third kappa shape index (κ3) is 4.85. The Morgan fingerprint density at radius 2 is 1.84 bits per heavy atom. The number of anilines is 3. The molecular weight excluding hydrogens is 436 g/mol. The number of carbonyl (C=O) groups is 3. The predicted octanol–water partition coefficient (Wildman–Crippen LogP) is 2.31. The van der Waals surface area contributed by atoms with E-state index in [0.29, 0.717) is 35.2 Å². The second-order valence-corrected chi connectivity index (χ2v) is 8.04. The Bertz CT molecular complexity index is 1020. The average molecular weight is 459 g/mol. The maximum atomic E-state index is 13.1. The van der Waals surface area contributed by atoms with E-state index in [4.69, 9.17) is 16.3 Å². The van der Waals surface area contributed by atoms with Gasteiger partial charge in [0.15, 0.2) is 0 Å². The molecule has 9 nitrogen and oxygen atoms in total. The summed E-state index contributed by atoms with van der Waals surface area (Å²) >= 11 is 5.87. The zero-order chi connectivity index (χ0) is 22.7. The number of aliphatic hydroxyl groups is 1. The predicted molar refractivity (Wildman–Crippen MR) is 120 cm³/mol. The number of urea groups is 1. The van der Waals surface area contributed by atoms with Crippen LogP contribution in [-0.4, -0.2) is 66.3 Å². The molecule has 3 N–H and O–H groups in total. The van der Waals surface area contributed by atoms with E-state index in [9.17, 15) is 19.5 Å². The highest BCUT2D eigenvalue weighted by molar-refractivity contribution is 6.30. The first-order valence-corrected chi connectivity index (χ1v) is 10.6. The second kappa shape index (κ2) is 9.56. The molecule has 2 aliphatic heterocycles. The van der Waals surface area contributed by atoms with Crippen molar-refractivity contribution in [2.75, 3.05) is 41.8 Å². The number of morpholine rings is 1. The number of β-amino-alcohol motifs (C(OH)–C–C–N with tert-alkyl or cyclic N) is 1. The summed E-state index contributed by atoms with van der Waals surface area (Å²) in [4.78, 5) is 41.0. The summed E-state index contributed by atoms with van der Waals surface area (Å²) in [6.07, 6.45) is -0.712. The van der Waals surface area contributed by atoms with Crippen molar-refractivity contribution in [2.45, 2.75) is 18.6 Å². The van der Waals surface area contributed by atoms with Crippen LogP contribution in [0.3, 0.4) is 0 Å². The average Bonchev–Trinajstić information content (AvgIpc) is 3.18. The van der Waals surface area contributed by atoms with Crippen LogP contribution >= 0.6 is 11.6 Å². The highest BCUT2D eigenvalue weighted by Gasteiger charge is 2.39. The van der Waals surface area contributed by atoms with Crippen molar-refractivity contribution in [2.24, 2.45) is 0 Å². The minimum absolute atomic E-state index is 0.0181. The number of amides is 4. The monoisotopic (exact) mass is 458 g/mol. The highest BCUT2D eigenvalue weighted by Crippen LogP contribution is 2.28. The van der Waals surface area contributed by atoms with Crippen LogP contribution in [0.5, 0.6) is 0 Å². The normalized spacial score (nSPS) is 20.9. The Hall–Kier alpha value is -3.14. The van der Waals surface area contributed by atoms with Crippen LogP contribution in [0, 0.1) is 0 Å². The van der Waals surface area contributed by atoms with Gasteiger partial charge in [-0.1, -0.05) is 23.7 Å². The number of para-hydroxylation sites is 2. The van der Waals surface area contributed by atoms with E-state index in [2.05, 4.69) is 10.6 Å². The van der Waals surface area contributed by atoms with Gasteiger partial charge < -0.3 is 30.3 Å². The molecule has 0 aliphatic carbocycles. The van der Waals surface area contributed by atoms with E-state index in [1.807, 2.05) is 0 Å². The van der Waals surface area contributed by atoms with E-state index in [0.717, 1.165) is 0 Å². The zero-order valence-electron chi connectivity index (χ0n) is 17.2. The smallest absolute Gasteiger partial charge is 0.322 e. The molecule has 2 atom stereocenters. The lowest BCUT2D eigenvalue weighted by molar-refractivity contribution is -0.125. The van der Waals surface area contributed by atoms with Crippen molar-refractivity contribution in [3.8, 4) is 0 Å². The number of carbonyl (C=O) groups excluding carboxylic acids is 3. The lowest BCUT2D eigenvalue weighted by atomic mass is 10.1. The molecule has 10 heteroatoms. The van der Waals surface area contributed by atoms with E-state index >= 15 is 0 Å². The Balaban J connectivity index is 1.49. The van der Waals surface area contributed by atoms with Gasteiger partial charge in [-0.3, -0.25) is 9.59 Å². The summed E-state index contributed by atoms with van der Waals surface area (Å²) in [7, 11) is 0. The molecule has 0 saturated carbocycles. The van der Waals surface area contributed by atoms with Crippen LogP contribution in [0.15, 0.2) is 48.5 Å². The fourth-order valence-corrected chi connectivity index (χ4v) is 3.94. The number of hydrogen-bond donors (Lipinski definition) is 3. The SMILES string of the molecule is O=C(Nc1ccccc1N1CCOCC1=O)[C@H]1C[C@@H](O)CN1C(=O)Nc1ccc(Cl)cc1. The summed E-state index contributed by atoms with van der Waals surface area (Å²) in [5, 5.41) is 16.2. The van der Waals surface area contributed by atoms with E-state index in [-0.39, 0.29) is 25.5 Å². The molecule has 2 aliphatic rings.